The van der Waals surface area contributed by atoms with E-state index >= 15 is 0 Å². The summed E-state index contributed by atoms with van der Waals surface area (Å²) >= 11 is 6.05. The summed E-state index contributed by atoms with van der Waals surface area (Å²) in [4.78, 5) is 29.0. The van der Waals surface area contributed by atoms with Crippen molar-refractivity contribution in [3.8, 4) is 0 Å². The number of piperazine rings is 1. The molecule has 178 valence electrons. The van der Waals surface area contributed by atoms with E-state index in [0.717, 1.165) is 17.7 Å². The first-order valence-electron chi connectivity index (χ1n) is 11.0. The lowest BCUT2D eigenvalue weighted by atomic mass is 9.91. The maximum absolute atomic E-state index is 13.0. The van der Waals surface area contributed by atoms with Gasteiger partial charge in [0.05, 0.1) is 30.3 Å². The number of nitrogens with two attached hydrogens (primary N) is 2. The summed E-state index contributed by atoms with van der Waals surface area (Å²) in [6, 6.07) is 10.4. The second-order valence-electron chi connectivity index (χ2n) is 8.15. The number of carbonyl (C=O) groups is 2. The average Bonchev–Trinajstić information content (AvgIpc) is 2.83. The third-order valence-electron chi connectivity index (χ3n) is 5.76. The van der Waals surface area contributed by atoms with Crippen LogP contribution in [0.2, 0.25) is 5.02 Å². The van der Waals surface area contributed by atoms with Gasteiger partial charge in [-0.3, -0.25) is 15.3 Å². The predicted octanol–water partition coefficient (Wildman–Crippen LogP) is 1.42. The number of nitrogens with one attached hydrogen (secondary N) is 3. The monoisotopic (exact) mass is 482 g/mol. The van der Waals surface area contributed by atoms with Crippen LogP contribution in [0.1, 0.15) is 16.7 Å². The number of fused-ring (bicyclic) bond motifs is 1. The minimum absolute atomic E-state index is 0.0407. The lowest BCUT2D eigenvalue weighted by Crippen LogP contribution is -2.54. The molecule has 0 aliphatic carbocycles. The Morgan fingerprint density at radius 1 is 1.26 bits per heavy atom. The second kappa shape index (κ2) is 10.4. The minimum atomic E-state index is -1.54. The average molecular weight is 483 g/mol. The number of anilines is 2. The number of benzene rings is 2. The van der Waals surface area contributed by atoms with E-state index in [2.05, 4.69) is 20.9 Å². The Hall–Kier alpha value is -3.24. The molecule has 10 heteroatoms. The van der Waals surface area contributed by atoms with Crippen LogP contribution in [0, 0.1) is 0 Å². The van der Waals surface area contributed by atoms with Crippen LogP contribution in [0.3, 0.4) is 0 Å². The lowest BCUT2D eigenvalue weighted by Gasteiger charge is -2.29. The molecule has 2 aromatic rings. The zero-order chi connectivity index (χ0) is 24.1. The third kappa shape index (κ3) is 5.28. The van der Waals surface area contributed by atoms with Crippen molar-refractivity contribution in [3.05, 3.63) is 64.2 Å². The molecule has 2 atom stereocenters. The summed E-state index contributed by atoms with van der Waals surface area (Å²) in [5, 5.41) is 9.42. The van der Waals surface area contributed by atoms with Crippen LogP contribution in [-0.2, 0) is 26.4 Å². The first-order chi connectivity index (χ1) is 16.4. The Bertz CT molecular complexity index is 1150. The molecule has 34 heavy (non-hydrogen) atoms. The molecule has 2 aliphatic heterocycles. The van der Waals surface area contributed by atoms with E-state index in [4.69, 9.17) is 27.8 Å². The molecule has 1 saturated heterocycles. The lowest BCUT2D eigenvalue weighted by molar-refractivity contribution is -0.126. The molecule has 0 aromatic heterocycles. The summed E-state index contributed by atoms with van der Waals surface area (Å²) < 4.78 is 5.69. The highest BCUT2D eigenvalue weighted by atomic mass is 35.5. The molecule has 1 unspecified atom stereocenters. The van der Waals surface area contributed by atoms with Gasteiger partial charge in [-0.15, -0.1) is 0 Å². The van der Waals surface area contributed by atoms with Crippen LogP contribution in [-0.4, -0.2) is 50.4 Å². The van der Waals surface area contributed by atoms with Crippen molar-refractivity contribution in [2.24, 2.45) is 10.7 Å². The van der Waals surface area contributed by atoms with E-state index in [1.807, 2.05) is 12.1 Å². The van der Waals surface area contributed by atoms with Crippen LogP contribution in [0.25, 0.3) is 6.08 Å². The molecule has 1 amide bonds. The summed E-state index contributed by atoms with van der Waals surface area (Å²) in [7, 11) is 0. The first-order valence-corrected chi connectivity index (χ1v) is 11.3. The number of halogens is 1. The van der Waals surface area contributed by atoms with Gasteiger partial charge in [0.15, 0.2) is 0 Å². The minimum Gasteiger partial charge on any atom is -0.398 e. The van der Waals surface area contributed by atoms with Gasteiger partial charge in [-0.25, -0.2) is 4.99 Å². The predicted molar refractivity (Wildman–Crippen MR) is 134 cm³/mol. The molecule has 2 heterocycles. The number of hydrogen-bond donors (Lipinski definition) is 5. The van der Waals surface area contributed by atoms with Crippen molar-refractivity contribution in [1.82, 2.24) is 10.6 Å². The Kier molecular flexibility index (Phi) is 7.28. The zero-order valence-electron chi connectivity index (χ0n) is 18.5. The van der Waals surface area contributed by atoms with Crippen molar-refractivity contribution in [3.63, 3.8) is 0 Å². The van der Waals surface area contributed by atoms with E-state index in [1.54, 1.807) is 30.3 Å². The third-order valence-corrected chi connectivity index (χ3v) is 6.09. The number of amides is 1. The van der Waals surface area contributed by atoms with Crippen LogP contribution in [0.4, 0.5) is 11.4 Å². The van der Waals surface area contributed by atoms with Crippen molar-refractivity contribution >= 4 is 47.1 Å². The molecular formula is C24H27ClN6O3. The van der Waals surface area contributed by atoms with Crippen LogP contribution in [0.5, 0.6) is 0 Å². The van der Waals surface area contributed by atoms with Gasteiger partial charge in [-0.2, -0.15) is 0 Å². The summed E-state index contributed by atoms with van der Waals surface area (Å²) in [6.45, 7) is 2.14. The molecule has 7 N–H and O–H groups in total. The van der Waals surface area contributed by atoms with Crippen LogP contribution >= 0.6 is 11.6 Å². The quantitative estimate of drug-likeness (QED) is 0.217. The second-order valence-corrected chi connectivity index (χ2v) is 8.56. The molecule has 0 bridgehead atoms. The Morgan fingerprint density at radius 3 is 2.91 bits per heavy atom. The molecule has 9 nitrogen and oxygen atoms in total. The fourth-order valence-electron chi connectivity index (χ4n) is 3.79. The van der Waals surface area contributed by atoms with Gasteiger partial charge in [0.25, 0.3) is 0 Å². The van der Waals surface area contributed by atoms with E-state index in [-0.39, 0.29) is 17.7 Å². The molecule has 2 aromatic carbocycles. The molecule has 0 radical (unpaired) electrons. The Labute approximate surface area is 202 Å². The van der Waals surface area contributed by atoms with Crippen LogP contribution in [0.15, 0.2) is 47.5 Å². The van der Waals surface area contributed by atoms with Crippen molar-refractivity contribution in [2.75, 3.05) is 37.4 Å². The first kappa shape index (κ1) is 23.9. The highest BCUT2D eigenvalue weighted by Crippen LogP contribution is 2.32. The molecular weight excluding hydrogens is 456 g/mol. The molecule has 4 rings (SSSR count). The molecule has 0 saturated carbocycles. The van der Waals surface area contributed by atoms with Crippen molar-refractivity contribution in [2.45, 2.75) is 18.1 Å². The van der Waals surface area contributed by atoms with E-state index in [9.17, 15) is 9.59 Å². The van der Waals surface area contributed by atoms with Gasteiger partial charge in [-0.1, -0.05) is 35.9 Å². The highest BCUT2D eigenvalue weighted by molar-refractivity contribution is 6.33. The van der Waals surface area contributed by atoms with Gasteiger partial charge in [-0.05, 0) is 41.8 Å². The van der Waals surface area contributed by atoms with Gasteiger partial charge < -0.3 is 26.4 Å². The standard InChI is InChI=1S/C24H27ClN6O3/c25-18-11-15(2-5-19(18)26)3-6-22(32)24(27)17-4-1-16(12-20(17)30-14-31-24)7-10-34-13-21-23(33)29-9-8-28-21/h1-6,11-12,14,21,28H,7-10,13,26-27H2,(H,29,33)(H,30,31)/t21-,24?/m0/s1. The fourth-order valence-corrected chi connectivity index (χ4v) is 3.98. The zero-order valence-corrected chi connectivity index (χ0v) is 19.3. The number of nitrogens with zero attached hydrogens (tertiary/aromatic N) is 1. The number of ketones is 1. The molecule has 1 fully saturated rings. The number of carbonyl (C=O) groups excluding carboxylic acids is 2. The van der Waals surface area contributed by atoms with Gasteiger partial charge in [0.1, 0.15) is 6.04 Å². The maximum Gasteiger partial charge on any atom is 0.239 e. The van der Waals surface area contributed by atoms with E-state index in [1.165, 1.54) is 12.4 Å². The van der Waals surface area contributed by atoms with Gasteiger partial charge in [0, 0.05) is 24.3 Å². The van der Waals surface area contributed by atoms with E-state index < -0.39 is 5.66 Å². The summed E-state index contributed by atoms with van der Waals surface area (Å²) in [5.74, 6) is -0.408. The van der Waals surface area contributed by atoms with Crippen molar-refractivity contribution in [1.29, 1.82) is 0 Å². The topological polar surface area (TPSA) is 144 Å². The van der Waals surface area contributed by atoms with Gasteiger partial charge in [0.2, 0.25) is 17.4 Å². The number of aliphatic imine (C=N–C) groups is 1. The molecule has 0 spiro atoms. The summed E-state index contributed by atoms with van der Waals surface area (Å²) in [5.41, 5.74) is 14.1. The number of nitrogen functional groups attached to an aromatic ring is 1. The van der Waals surface area contributed by atoms with Crippen LogP contribution < -0.4 is 27.4 Å². The number of ether oxygens (including phenoxy) is 1. The Balaban J connectivity index is 1.39. The fraction of sp³-hybridized carbons (Fsp3) is 0.292. The largest absolute Gasteiger partial charge is 0.398 e. The van der Waals surface area contributed by atoms with E-state index in [0.29, 0.717) is 48.1 Å². The summed E-state index contributed by atoms with van der Waals surface area (Å²) in [6.07, 6.45) is 5.10. The van der Waals surface area contributed by atoms with Gasteiger partial charge >= 0.3 is 0 Å². The highest BCUT2D eigenvalue weighted by Gasteiger charge is 2.37. The maximum atomic E-state index is 13.0. The smallest absolute Gasteiger partial charge is 0.239 e. The molecule has 2 aliphatic rings. The van der Waals surface area contributed by atoms with Crippen molar-refractivity contribution < 1.29 is 14.3 Å². The SMILES string of the molecule is Nc1ccc(C=CC(=O)C2(N)N=CNc3cc(CCOC[C@@H]4NCCNC4=O)ccc32)cc1Cl. The number of rotatable bonds is 8. The Morgan fingerprint density at radius 2 is 2.12 bits per heavy atom. The normalized spacial score (nSPS) is 21.7. The number of hydrogen-bond acceptors (Lipinski definition) is 8.